The van der Waals surface area contributed by atoms with Gasteiger partial charge in [0, 0.05) is 58.2 Å². The van der Waals surface area contributed by atoms with Gasteiger partial charge < -0.3 is 77.1 Å². The maximum Gasteiger partial charge on any atom is 0.309 e. The lowest BCUT2D eigenvalue weighted by atomic mass is 9.79. The Morgan fingerprint density at radius 1 is 0.890 bits per heavy atom. The van der Waals surface area contributed by atoms with Crippen LogP contribution in [0.1, 0.15) is 115 Å². The van der Waals surface area contributed by atoms with Gasteiger partial charge in [0.25, 0.3) is 0 Å². The van der Waals surface area contributed by atoms with Crippen molar-refractivity contribution < 1.29 is 91.4 Å². The van der Waals surface area contributed by atoms with Crippen molar-refractivity contribution in [2.24, 2.45) is 29.6 Å². The first-order chi connectivity index (χ1) is 34.3. The second-order valence-corrected chi connectivity index (χ2v) is 21.4. The number of carbonyl (C=O) groups is 5. The van der Waals surface area contributed by atoms with E-state index in [9.17, 15) is 39.3 Å². The number of nitrogens with zero attached hydrogens (tertiary/aromatic N) is 1. The molecule has 0 aromatic rings. The van der Waals surface area contributed by atoms with Crippen LogP contribution < -0.4 is 0 Å². The third-order valence-corrected chi connectivity index (χ3v) is 14.5. The molecule has 73 heavy (non-hydrogen) atoms. The average molecular weight is 1040 g/mol. The number of aliphatic hydroxyl groups excluding tert-OH is 2. The van der Waals surface area contributed by atoms with Crippen molar-refractivity contribution in [1.29, 1.82) is 0 Å². The smallest absolute Gasteiger partial charge is 0.309 e. The van der Waals surface area contributed by atoms with Crippen molar-refractivity contribution in [2.45, 2.75) is 218 Å². The first-order valence-corrected chi connectivity index (χ1v) is 25.9. The van der Waals surface area contributed by atoms with Crippen molar-refractivity contribution in [1.82, 2.24) is 4.90 Å². The molecule has 0 aliphatic carbocycles. The molecule has 3 saturated heterocycles. The number of aliphatic hydroxyl groups is 3. The number of carbonyl (C=O) groups excluding carboxylic acids is 5. The minimum atomic E-state index is -1.53. The highest BCUT2D eigenvalue weighted by atomic mass is 16.7. The lowest BCUT2D eigenvalue weighted by Gasteiger charge is -2.50. The second-order valence-electron chi connectivity index (χ2n) is 21.4. The number of cyclic esters (lactones) is 1. The molecule has 3 N–H and O–H groups in total. The van der Waals surface area contributed by atoms with Gasteiger partial charge in [0.15, 0.2) is 30.8 Å². The zero-order valence-electron chi connectivity index (χ0n) is 45.7. The molecule has 20 nitrogen and oxygen atoms in total. The highest BCUT2D eigenvalue weighted by molar-refractivity contribution is 5.91. The van der Waals surface area contributed by atoms with Crippen molar-refractivity contribution in [2.75, 3.05) is 34.9 Å². The van der Waals surface area contributed by atoms with Gasteiger partial charge in [-0.25, -0.2) is 0 Å². The molecular formula is C53H87NO19. The van der Waals surface area contributed by atoms with E-state index < -0.39 is 152 Å². The van der Waals surface area contributed by atoms with Gasteiger partial charge in [-0.2, -0.15) is 0 Å². The van der Waals surface area contributed by atoms with Gasteiger partial charge in [-0.3, -0.25) is 19.2 Å². The van der Waals surface area contributed by atoms with E-state index in [2.05, 4.69) is 0 Å². The number of ether oxygens (including phenoxy) is 11. The van der Waals surface area contributed by atoms with Crippen LogP contribution in [0.3, 0.4) is 0 Å². The van der Waals surface area contributed by atoms with Crippen molar-refractivity contribution >= 4 is 30.0 Å². The molecular weight excluding hydrogens is 955 g/mol. The number of hydrogen-bond acceptors (Lipinski definition) is 20. The first-order valence-electron chi connectivity index (χ1n) is 25.9. The molecule has 4 aliphatic heterocycles. The van der Waals surface area contributed by atoms with Crippen molar-refractivity contribution in [3.05, 3.63) is 23.8 Å². The van der Waals surface area contributed by atoms with Crippen LogP contribution in [0.2, 0.25) is 0 Å². The molecule has 0 spiro atoms. The van der Waals surface area contributed by atoms with E-state index in [1.807, 2.05) is 26.8 Å². The van der Waals surface area contributed by atoms with E-state index in [4.69, 9.17) is 52.1 Å². The highest BCUT2D eigenvalue weighted by Crippen LogP contribution is 2.39. The predicted octanol–water partition coefficient (Wildman–Crippen LogP) is 4.00. The van der Waals surface area contributed by atoms with Gasteiger partial charge in [-0.05, 0) is 79.5 Å². The van der Waals surface area contributed by atoms with Gasteiger partial charge in [0.1, 0.15) is 54.6 Å². The molecule has 4 heterocycles. The van der Waals surface area contributed by atoms with Gasteiger partial charge in [0.05, 0.1) is 43.5 Å². The Hall–Kier alpha value is -3.25. The maximum absolute atomic E-state index is 14.2. The Bertz CT molecular complexity index is 1860. The zero-order chi connectivity index (χ0) is 54.6. The lowest BCUT2D eigenvalue weighted by molar-refractivity contribution is -0.342. The average Bonchev–Trinajstić information content (AvgIpc) is 3.29. The van der Waals surface area contributed by atoms with E-state index in [0.29, 0.717) is 18.3 Å². The normalized spacial score (nSPS) is 41.6. The number of likely N-dealkylation sites (N-methyl/N-ethyl adjacent to an activating group) is 1. The van der Waals surface area contributed by atoms with Crippen molar-refractivity contribution in [3.8, 4) is 0 Å². The van der Waals surface area contributed by atoms with E-state index in [0.717, 1.165) is 0 Å². The molecule has 0 bridgehead atoms. The number of esters is 3. The summed E-state index contributed by atoms with van der Waals surface area (Å²) < 4.78 is 67.2. The first kappa shape index (κ1) is 62.3. The van der Waals surface area contributed by atoms with Crippen LogP contribution >= 0.6 is 0 Å². The molecule has 1 unspecified atom stereocenters. The summed E-state index contributed by atoms with van der Waals surface area (Å²) in [6, 6.07) is -0.809. The summed E-state index contributed by atoms with van der Waals surface area (Å²) in [7, 11) is 6.41. The fraction of sp³-hybridized carbons (Fsp3) is 0.830. The summed E-state index contributed by atoms with van der Waals surface area (Å²) in [4.78, 5) is 67.9. The molecule has 0 aromatic carbocycles. The minimum absolute atomic E-state index is 0.0378. The molecule has 4 rings (SSSR count). The largest absolute Gasteiger partial charge is 0.462 e. The van der Waals surface area contributed by atoms with E-state index in [1.165, 1.54) is 27.2 Å². The number of ketones is 1. The third-order valence-electron chi connectivity index (χ3n) is 14.5. The Balaban J connectivity index is 1.66. The molecule has 20 heteroatoms. The van der Waals surface area contributed by atoms with E-state index in [-0.39, 0.29) is 44.0 Å². The highest BCUT2D eigenvalue weighted by Gasteiger charge is 2.53. The summed E-state index contributed by atoms with van der Waals surface area (Å²) in [5.41, 5.74) is -0.865. The Kier molecular flexibility index (Phi) is 24.1. The Morgan fingerprint density at radius 2 is 1.55 bits per heavy atom. The molecule has 3 fully saturated rings. The number of hydrogen-bond donors (Lipinski definition) is 3. The Labute approximate surface area is 432 Å². The van der Waals surface area contributed by atoms with Crippen LogP contribution in [0.15, 0.2) is 23.8 Å². The molecule has 0 amide bonds. The summed E-state index contributed by atoms with van der Waals surface area (Å²) in [5.74, 6) is -4.87. The van der Waals surface area contributed by atoms with Crippen LogP contribution in [-0.2, 0) is 76.1 Å². The molecule has 0 saturated carbocycles. The fourth-order valence-corrected chi connectivity index (χ4v) is 10.6. The number of allylic oxidation sites excluding steroid dienone is 3. The monoisotopic (exact) mass is 1040 g/mol. The van der Waals surface area contributed by atoms with Crippen molar-refractivity contribution in [3.63, 3.8) is 0 Å². The summed E-state index contributed by atoms with van der Waals surface area (Å²) in [6.45, 7) is 18.7. The number of aldehydes is 1. The lowest BCUT2D eigenvalue weighted by Crippen LogP contribution is -2.65. The molecule has 21 atom stereocenters. The quantitative estimate of drug-likeness (QED) is 0.106. The standard InChI is InChI=1S/C53H87NO19/c1-16-38-36(26-65-52-49(64-15)48(63-14)44(60)31(7)67-52)22-28(4)17-18-37(57)29(5)23-35(19-20-55)46(30(6)39(69-34(10)56)24-41(59)70-38)73-51-45(61)43(54(12)13)47(32(8)68-51)72-42-25-53(11,62)50(33(9)66-42)71-40(58)21-27(2)3/h17-18,20,22,27,29-33,35-36,38-39,42-52,60-62H,16,19,21,23-26H2,1-15H3/b18-17-,28-22-/t29-,30+,31+,32+,33+,35?,36+,38+,39+,42-,43+,44+,45-,46-,47-,48-,49-,50-,51+,52+,53+/m0/s1. The minimum Gasteiger partial charge on any atom is -0.462 e. The van der Waals surface area contributed by atoms with Gasteiger partial charge in [-0.1, -0.05) is 52.3 Å². The van der Waals surface area contributed by atoms with E-state index >= 15 is 0 Å². The summed E-state index contributed by atoms with van der Waals surface area (Å²) in [5, 5.41) is 34.6. The number of methoxy groups -OCH3 is 2. The summed E-state index contributed by atoms with van der Waals surface area (Å²) >= 11 is 0. The molecule has 0 radical (unpaired) electrons. The van der Waals surface area contributed by atoms with Crippen LogP contribution in [0.25, 0.3) is 0 Å². The van der Waals surface area contributed by atoms with Gasteiger partial charge >= 0.3 is 17.9 Å². The molecule has 418 valence electrons. The van der Waals surface area contributed by atoms with Crippen LogP contribution in [0.5, 0.6) is 0 Å². The third kappa shape index (κ3) is 16.9. The number of rotatable bonds is 17. The maximum atomic E-state index is 14.2. The molecule has 0 aromatic heterocycles. The second kappa shape index (κ2) is 28.2. The topological polar surface area (TPSA) is 251 Å². The molecule has 4 aliphatic rings. The fourth-order valence-electron chi connectivity index (χ4n) is 10.6. The predicted molar refractivity (Wildman–Crippen MR) is 263 cm³/mol. The van der Waals surface area contributed by atoms with Crippen LogP contribution in [-0.4, -0.2) is 189 Å². The van der Waals surface area contributed by atoms with Gasteiger partial charge in [0.2, 0.25) is 0 Å². The summed E-state index contributed by atoms with van der Waals surface area (Å²) in [6.07, 6.45) is -8.67. The van der Waals surface area contributed by atoms with Crippen LogP contribution in [0, 0.1) is 29.6 Å². The SMILES string of the molecule is CC[C@H]1OC(=O)C[C@@H](OC(C)=O)[C@@H](C)[C@H](O[C@H]2O[C@H](C)[C@H](O[C@H]3C[C@@](C)(O)[C@@H](OC(=O)CC(C)C)[C@@H](C)O3)[C@H](N(C)C)[C@@H]2O)C(CC=O)C[C@H](C)C(=O)/C=C\C(C)=C/[C@@H]1CO[C@@H]1O[C@H](C)[C@@H](O)[C@H](OC)[C@@H]1OC. The Morgan fingerprint density at radius 3 is 2.12 bits per heavy atom. The zero-order valence-corrected chi connectivity index (χ0v) is 45.7. The van der Waals surface area contributed by atoms with E-state index in [1.54, 1.807) is 73.5 Å². The van der Waals surface area contributed by atoms with Crippen LogP contribution in [0.4, 0.5) is 0 Å². The van der Waals surface area contributed by atoms with Gasteiger partial charge in [-0.15, -0.1) is 0 Å².